The molecule has 8 heteroatoms. The summed E-state index contributed by atoms with van der Waals surface area (Å²) in [5.74, 6) is -1.12. The van der Waals surface area contributed by atoms with Gasteiger partial charge in [-0.2, -0.15) is 0 Å². The third kappa shape index (κ3) is 5.64. The van der Waals surface area contributed by atoms with E-state index in [-0.39, 0.29) is 7.48 Å². The smallest absolute Gasteiger partial charge is 0.356 e. The van der Waals surface area contributed by atoms with Crippen molar-refractivity contribution >= 4 is 41.4 Å². The molecule has 90 valence electrons. The minimum atomic E-state index is -0.916. The molecule has 0 bridgehead atoms. The maximum absolute atomic E-state index is 10.9. The number of hydrogen-bond donors (Lipinski definition) is 2. The zero-order chi connectivity index (χ0) is 12.5. The van der Waals surface area contributed by atoms with Crippen LogP contribution in [0.5, 0.6) is 0 Å². The highest BCUT2D eigenvalue weighted by molar-refractivity contribution is 8.76. The molecule has 1 heterocycles. The van der Waals surface area contributed by atoms with E-state index < -0.39 is 11.8 Å². The molecule has 1 unspecified atom stereocenters. The molecule has 0 radical (unpaired) electrons. The monoisotopic (exact) mass is 270 g/mol. The highest BCUT2D eigenvalue weighted by Gasteiger charge is 2.20. The lowest BCUT2D eigenvalue weighted by Crippen LogP contribution is -2.18. The van der Waals surface area contributed by atoms with Crippen molar-refractivity contribution in [2.45, 2.75) is 10.8 Å². The lowest BCUT2D eigenvalue weighted by atomic mass is 9.82. The fourth-order valence-corrected chi connectivity index (χ4v) is 3.11. The summed E-state index contributed by atoms with van der Waals surface area (Å²) in [7, 11) is 2.86. The van der Waals surface area contributed by atoms with Gasteiger partial charge in [-0.15, -0.1) is 0 Å². The van der Waals surface area contributed by atoms with E-state index >= 15 is 0 Å². The average Bonchev–Trinajstić information content (AvgIpc) is 2.34. The minimum Gasteiger partial charge on any atom is -0.556 e. The van der Waals surface area contributed by atoms with Gasteiger partial charge in [-0.25, -0.2) is 4.98 Å². The average molecular weight is 270 g/mol. The number of carboxylic acids is 1. The van der Waals surface area contributed by atoms with E-state index in [2.05, 4.69) is 9.64 Å². The molecule has 0 amide bonds. The fraction of sp³-hybridized carbons (Fsp3) is 0.222. The SMILES string of the molecule is N=COBC(CSSc1ccccn1)C(=O)O. The zero-order valence-electron chi connectivity index (χ0n) is 8.91. The Morgan fingerprint density at radius 2 is 2.53 bits per heavy atom. The normalized spacial score (nSPS) is 11.5. The van der Waals surface area contributed by atoms with E-state index in [4.69, 9.17) is 10.5 Å². The van der Waals surface area contributed by atoms with E-state index in [1.165, 1.54) is 21.6 Å². The molecule has 17 heavy (non-hydrogen) atoms. The molecule has 0 aliphatic carbocycles. The van der Waals surface area contributed by atoms with E-state index in [0.29, 0.717) is 5.75 Å². The van der Waals surface area contributed by atoms with Gasteiger partial charge in [0.15, 0.2) is 0 Å². The number of aromatic nitrogens is 1. The molecule has 0 aliphatic heterocycles. The quantitative estimate of drug-likeness (QED) is 0.323. The number of aliphatic carboxylic acids is 1. The fourth-order valence-electron chi connectivity index (χ4n) is 0.928. The van der Waals surface area contributed by atoms with E-state index in [1.807, 2.05) is 18.2 Å². The van der Waals surface area contributed by atoms with Crippen molar-refractivity contribution in [1.82, 2.24) is 4.98 Å². The predicted molar refractivity (Wildman–Crippen MR) is 71.0 cm³/mol. The third-order valence-corrected chi connectivity index (χ3v) is 4.12. The van der Waals surface area contributed by atoms with Crippen LogP contribution >= 0.6 is 21.6 Å². The number of nitrogens with zero attached hydrogens (tertiary/aromatic N) is 1. The van der Waals surface area contributed by atoms with Crippen LogP contribution in [0.1, 0.15) is 0 Å². The number of carbonyl (C=O) groups is 1. The van der Waals surface area contributed by atoms with Crippen LogP contribution in [0.15, 0.2) is 29.4 Å². The Morgan fingerprint density at radius 3 is 3.12 bits per heavy atom. The maximum atomic E-state index is 10.9. The van der Waals surface area contributed by atoms with Gasteiger partial charge in [0.05, 0.1) is 5.82 Å². The van der Waals surface area contributed by atoms with Gasteiger partial charge >= 0.3 is 13.5 Å². The van der Waals surface area contributed by atoms with E-state index in [1.54, 1.807) is 6.20 Å². The van der Waals surface area contributed by atoms with Crippen molar-refractivity contribution in [1.29, 1.82) is 5.41 Å². The standard InChI is InChI=1S/C9H11BN2O3S2/c11-6-15-10-7(9(13)14)5-16-17-8-3-1-2-4-12-8/h1-4,6-7,10-11H,5H2,(H,13,14). The Hall–Kier alpha value is -1.15. The van der Waals surface area contributed by atoms with Gasteiger partial charge in [-0.05, 0) is 22.9 Å². The molecule has 1 aromatic rings. The van der Waals surface area contributed by atoms with Crippen LogP contribution < -0.4 is 0 Å². The van der Waals surface area contributed by atoms with Gasteiger partial charge in [0.1, 0.15) is 11.4 Å². The third-order valence-electron chi connectivity index (χ3n) is 1.78. The Kier molecular flexibility index (Phi) is 6.57. The Balaban J connectivity index is 2.32. The number of hydrogen-bond acceptors (Lipinski definition) is 6. The first-order valence-corrected chi connectivity index (χ1v) is 7.09. The van der Waals surface area contributed by atoms with Crippen molar-refractivity contribution in [2.24, 2.45) is 0 Å². The summed E-state index contributed by atoms with van der Waals surface area (Å²) in [6, 6.07) is 5.57. The number of rotatable bonds is 8. The molecule has 0 fully saturated rings. The summed E-state index contributed by atoms with van der Waals surface area (Å²) in [4.78, 5) is 15.0. The number of carboxylic acid groups (broad SMARTS) is 1. The van der Waals surface area contributed by atoms with Gasteiger partial charge in [-0.1, -0.05) is 16.9 Å². The van der Waals surface area contributed by atoms with Crippen LogP contribution in [0, 0.1) is 5.41 Å². The topological polar surface area (TPSA) is 83.3 Å². The lowest BCUT2D eigenvalue weighted by Gasteiger charge is -2.08. The van der Waals surface area contributed by atoms with Crippen LogP contribution in [0.2, 0.25) is 5.82 Å². The largest absolute Gasteiger partial charge is 0.556 e. The molecule has 0 aliphatic rings. The highest BCUT2D eigenvalue weighted by atomic mass is 33.1. The van der Waals surface area contributed by atoms with Crippen LogP contribution in [-0.4, -0.2) is 35.7 Å². The molecule has 5 nitrogen and oxygen atoms in total. The van der Waals surface area contributed by atoms with Gasteiger partial charge < -0.3 is 9.76 Å². The molecule has 0 saturated carbocycles. The summed E-state index contributed by atoms with van der Waals surface area (Å²) in [6.07, 6.45) is 2.45. The second kappa shape index (κ2) is 8.02. The molecule has 1 rings (SSSR count). The predicted octanol–water partition coefficient (Wildman–Crippen LogP) is 1.67. The van der Waals surface area contributed by atoms with Crippen molar-refractivity contribution in [3.63, 3.8) is 0 Å². The first-order chi connectivity index (χ1) is 8.24. The van der Waals surface area contributed by atoms with Gasteiger partial charge in [0.2, 0.25) is 0 Å². The number of pyridine rings is 1. The van der Waals surface area contributed by atoms with Crippen molar-refractivity contribution in [2.75, 3.05) is 5.75 Å². The van der Waals surface area contributed by atoms with Gasteiger partial charge in [0, 0.05) is 11.9 Å². The Labute approximate surface area is 108 Å². The second-order valence-corrected chi connectivity index (χ2v) is 5.38. The molecule has 0 aromatic carbocycles. The van der Waals surface area contributed by atoms with Gasteiger partial charge in [0.25, 0.3) is 0 Å². The summed E-state index contributed by atoms with van der Waals surface area (Å²) < 4.78 is 4.68. The summed E-state index contributed by atoms with van der Waals surface area (Å²) in [5.41, 5.74) is 0. The molecule has 0 saturated heterocycles. The minimum absolute atomic E-state index is 0.0224. The molecular formula is C9H11BN2O3S2. The highest BCUT2D eigenvalue weighted by Crippen LogP contribution is 2.31. The first-order valence-electron chi connectivity index (χ1n) is 4.78. The maximum Gasteiger partial charge on any atom is 0.356 e. The molecule has 1 aromatic heterocycles. The van der Waals surface area contributed by atoms with Crippen LogP contribution in [-0.2, 0) is 9.45 Å². The summed E-state index contributed by atoms with van der Waals surface area (Å²) >= 11 is 0. The molecule has 1 atom stereocenters. The summed E-state index contributed by atoms with van der Waals surface area (Å²) in [6.45, 7) is 0. The molecule has 2 N–H and O–H groups in total. The van der Waals surface area contributed by atoms with Crippen LogP contribution in [0.3, 0.4) is 0 Å². The van der Waals surface area contributed by atoms with Crippen molar-refractivity contribution < 1.29 is 14.6 Å². The lowest BCUT2D eigenvalue weighted by molar-refractivity contribution is -0.136. The zero-order valence-corrected chi connectivity index (χ0v) is 10.5. The Morgan fingerprint density at radius 1 is 1.71 bits per heavy atom. The van der Waals surface area contributed by atoms with E-state index in [9.17, 15) is 4.79 Å². The van der Waals surface area contributed by atoms with Crippen molar-refractivity contribution in [3.05, 3.63) is 24.4 Å². The number of nitrogens with one attached hydrogen (secondary N) is 1. The van der Waals surface area contributed by atoms with Crippen molar-refractivity contribution in [3.8, 4) is 0 Å². The Bertz CT molecular complexity index is 367. The van der Waals surface area contributed by atoms with E-state index in [0.717, 1.165) is 11.4 Å². The molecule has 0 spiro atoms. The van der Waals surface area contributed by atoms with Gasteiger partial charge in [-0.3, -0.25) is 10.2 Å². The van der Waals surface area contributed by atoms with Crippen LogP contribution in [0.4, 0.5) is 0 Å². The van der Waals surface area contributed by atoms with Crippen LogP contribution in [0.25, 0.3) is 0 Å². The molecular weight excluding hydrogens is 259 g/mol. The second-order valence-electron chi connectivity index (χ2n) is 3.02. The first kappa shape index (κ1) is 13.9. The summed E-state index contributed by atoms with van der Waals surface area (Å²) in [5, 5.41) is 16.4.